The van der Waals surface area contributed by atoms with Crippen molar-refractivity contribution in [2.24, 2.45) is 0 Å². The highest BCUT2D eigenvalue weighted by Crippen LogP contribution is 2.55. The number of benzene rings is 1. The maximum absolute atomic E-state index is 14.3. The largest absolute Gasteiger partial charge is 0.391 e. The minimum atomic E-state index is -0.374. The first-order chi connectivity index (χ1) is 13.7. The van der Waals surface area contributed by atoms with Gasteiger partial charge in [-0.2, -0.15) is 0 Å². The molecule has 1 aliphatic heterocycles. The van der Waals surface area contributed by atoms with Crippen LogP contribution in [-0.4, -0.2) is 44.2 Å². The van der Waals surface area contributed by atoms with Crippen LogP contribution in [0, 0.1) is 5.82 Å². The lowest BCUT2D eigenvalue weighted by atomic mass is 10.1. The summed E-state index contributed by atoms with van der Waals surface area (Å²) in [5.74, 6) is 1.48. The molecular weight excluding hydrogens is 357 g/mol. The number of hydrogen-bond acceptors (Lipinski definition) is 6. The fourth-order valence-corrected chi connectivity index (χ4v) is 3.95. The second kappa shape index (κ2) is 6.91. The number of nitrogens with zero attached hydrogens (tertiary/aromatic N) is 5. The van der Waals surface area contributed by atoms with Gasteiger partial charge in [0.05, 0.1) is 11.8 Å². The summed E-state index contributed by atoms with van der Waals surface area (Å²) < 4.78 is 14.3. The lowest BCUT2D eigenvalue weighted by Crippen LogP contribution is -2.22. The first kappa shape index (κ1) is 17.2. The Morgan fingerprint density at radius 2 is 1.68 bits per heavy atom. The summed E-state index contributed by atoms with van der Waals surface area (Å²) in [6, 6.07) is 7.09. The fourth-order valence-electron chi connectivity index (χ4n) is 3.95. The Morgan fingerprint density at radius 1 is 0.964 bits per heavy atom. The van der Waals surface area contributed by atoms with E-state index in [0.29, 0.717) is 48.7 Å². The maximum atomic E-state index is 14.3. The van der Waals surface area contributed by atoms with E-state index in [1.807, 2.05) is 29.4 Å². The van der Waals surface area contributed by atoms with Crippen LogP contribution in [0.4, 0.5) is 10.1 Å². The highest BCUT2D eigenvalue weighted by Gasteiger charge is 2.40. The average molecular weight is 377 g/mol. The summed E-state index contributed by atoms with van der Waals surface area (Å²) in [6.45, 7) is 1.18. The molecule has 1 aromatic carbocycles. The summed E-state index contributed by atoms with van der Waals surface area (Å²) in [7, 11) is 0. The SMILES string of the molecule is O[C@H]1CCN(c2cc([C@@H]3C[C@@H]3c3cnc(-c4ncccn4)nc3)ccc2F)C1. The highest BCUT2D eigenvalue weighted by molar-refractivity contribution is 5.53. The van der Waals surface area contributed by atoms with E-state index in [-0.39, 0.29) is 11.9 Å². The van der Waals surface area contributed by atoms with Crippen molar-refractivity contribution in [3.63, 3.8) is 0 Å². The van der Waals surface area contributed by atoms with Crippen LogP contribution in [0.3, 0.4) is 0 Å². The van der Waals surface area contributed by atoms with Gasteiger partial charge < -0.3 is 10.0 Å². The molecule has 1 aliphatic carbocycles. The molecule has 3 atom stereocenters. The van der Waals surface area contributed by atoms with Crippen LogP contribution >= 0.6 is 0 Å². The van der Waals surface area contributed by atoms with Gasteiger partial charge in [0.2, 0.25) is 0 Å². The van der Waals surface area contributed by atoms with E-state index in [9.17, 15) is 9.50 Å². The van der Waals surface area contributed by atoms with Crippen LogP contribution in [0.2, 0.25) is 0 Å². The molecule has 1 saturated carbocycles. The van der Waals surface area contributed by atoms with Crippen LogP contribution < -0.4 is 4.90 Å². The van der Waals surface area contributed by atoms with Crippen LogP contribution in [-0.2, 0) is 0 Å². The zero-order valence-corrected chi connectivity index (χ0v) is 15.2. The lowest BCUT2D eigenvalue weighted by molar-refractivity contribution is 0.198. The second-order valence-electron chi connectivity index (χ2n) is 7.46. The summed E-state index contributed by atoms with van der Waals surface area (Å²) in [6.07, 6.45) is 8.32. The van der Waals surface area contributed by atoms with Gasteiger partial charge in [-0.3, -0.25) is 0 Å². The van der Waals surface area contributed by atoms with E-state index in [4.69, 9.17) is 0 Å². The molecule has 0 bridgehead atoms. The van der Waals surface area contributed by atoms with Gasteiger partial charge in [-0.05, 0) is 54.0 Å². The van der Waals surface area contributed by atoms with Gasteiger partial charge in [0.25, 0.3) is 0 Å². The molecule has 7 heteroatoms. The standard InChI is InChI=1S/C21H20FN5O/c22-18-3-2-13(8-19(18)27-7-4-15(28)12-27)16-9-17(16)14-10-25-21(26-11-14)20-23-5-1-6-24-20/h1-3,5-6,8,10-11,15-17,28H,4,7,9,12H2/t15-,16-,17+/m0/s1. The third-order valence-corrected chi connectivity index (χ3v) is 5.56. The quantitative estimate of drug-likeness (QED) is 0.754. The molecule has 5 rings (SSSR count). The number of hydrogen-bond donors (Lipinski definition) is 1. The van der Waals surface area contributed by atoms with Gasteiger partial charge in [0.1, 0.15) is 5.82 Å². The molecule has 0 unspecified atom stereocenters. The van der Waals surface area contributed by atoms with E-state index in [1.165, 1.54) is 6.07 Å². The van der Waals surface area contributed by atoms with Crippen molar-refractivity contribution in [3.05, 3.63) is 66.0 Å². The van der Waals surface area contributed by atoms with E-state index < -0.39 is 0 Å². The van der Waals surface area contributed by atoms with Crippen molar-refractivity contribution in [2.45, 2.75) is 30.8 Å². The molecule has 142 valence electrons. The number of aromatic nitrogens is 4. The molecule has 28 heavy (non-hydrogen) atoms. The van der Waals surface area contributed by atoms with Gasteiger partial charge in [-0.15, -0.1) is 0 Å². The Hall–Kier alpha value is -2.93. The van der Waals surface area contributed by atoms with Crippen LogP contribution in [0.1, 0.15) is 35.8 Å². The highest BCUT2D eigenvalue weighted by atomic mass is 19.1. The van der Waals surface area contributed by atoms with E-state index in [1.54, 1.807) is 18.5 Å². The molecule has 2 fully saturated rings. The summed E-state index contributed by atoms with van der Waals surface area (Å²) >= 11 is 0. The molecule has 3 aromatic rings. The molecule has 0 spiro atoms. The summed E-state index contributed by atoms with van der Waals surface area (Å²) in [5, 5.41) is 9.75. The number of halogens is 1. The van der Waals surface area contributed by atoms with Crippen molar-refractivity contribution in [3.8, 4) is 11.6 Å². The average Bonchev–Trinajstić information content (AvgIpc) is 3.42. The molecule has 0 amide bonds. The van der Waals surface area contributed by atoms with Gasteiger partial charge >= 0.3 is 0 Å². The van der Waals surface area contributed by atoms with Crippen molar-refractivity contribution in [1.82, 2.24) is 19.9 Å². The molecular formula is C21H20FN5O. The van der Waals surface area contributed by atoms with Gasteiger partial charge in [-0.25, -0.2) is 24.3 Å². The number of aliphatic hydroxyl groups is 1. The smallest absolute Gasteiger partial charge is 0.197 e. The predicted octanol–water partition coefficient (Wildman–Crippen LogP) is 2.91. The van der Waals surface area contributed by atoms with E-state index >= 15 is 0 Å². The number of β-amino-alcohol motifs (C(OH)–C–C–N with tert-alkyl or cyclic N) is 1. The van der Waals surface area contributed by atoms with Crippen LogP contribution in [0.15, 0.2) is 49.1 Å². The topological polar surface area (TPSA) is 75.0 Å². The molecule has 6 nitrogen and oxygen atoms in total. The van der Waals surface area contributed by atoms with E-state index in [2.05, 4.69) is 19.9 Å². The van der Waals surface area contributed by atoms with Crippen molar-refractivity contribution >= 4 is 5.69 Å². The molecule has 0 radical (unpaired) electrons. The Balaban J connectivity index is 1.33. The summed E-state index contributed by atoms with van der Waals surface area (Å²) in [5.41, 5.74) is 2.79. The zero-order valence-electron chi connectivity index (χ0n) is 15.2. The van der Waals surface area contributed by atoms with E-state index in [0.717, 1.165) is 17.5 Å². The number of anilines is 1. The van der Waals surface area contributed by atoms with Crippen molar-refractivity contribution in [1.29, 1.82) is 0 Å². The summed E-state index contributed by atoms with van der Waals surface area (Å²) in [4.78, 5) is 19.1. The van der Waals surface area contributed by atoms with Crippen LogP contribution in [0.5, 0.6) is 0 Å². The molecule has 2 aliphatic rings. The predicted molar refractivity (Wildman–Crippen MR) is 102 cm³/mol. The third kappa shape index (κ3) is 3.22. The van der Waals surface area contributed by atoms with Gasteiger partial charge in [0.15, 0.2) is 11.6 Å². The molecule has 2 aromatic heterocycles. The molecule has 1 N–H and O–H groups in total. The lowest BCUT2D eigenvalue weighted by Gasteiger charge is -2.19. The van der Waals surface area contributed by atoms with Crippen molar-refractivity contribution < 1.29 is 9.50 Å². The van der Waals surface area contributed by atoms with Crippen LogP contribution in [0.25, 0.3) is 11.6 Å². The molecule has 3 heterocycles. The van der Waals surface area contributed by atoms with Gasteiger partial charge in [-0.1, -0.05) is 6.07 Å². The minimum Gasteiger partial charge on any atom is -0.391 e. The second-order valence-corrected chi connectivity index (χ2v) is 7.46. The third-order valence-electron chi connectivity index (χ3n) is 5.56. The van der Waals surface area contributed by atoms with Gasteiger partial charge in [0, 0.05) is 37.9 Å². The Morgan fingerprint density at radius 3 is 2.39 bits per heavy atom. The minimum absolute atomic E-state index is 0.231. The Kier molecular flexibility index (Phi) is 4.24. The first-order valence-electron chi connectivity index (χ1n) is 9.51. The normalized spacial score (nSPS) is 23.8. The first-order valence-corrected chi connectivity index (χ1v) is 9.51. The Bertz CT molecular complexity index is 982. The zero-order chi connectivity index (χ0) is 19.1. The van der Waals surface area contributed by atoms with Crippen molar-refractivity contribution in [2.75, 3.05) is 18.0 Å². The maximum Gasteiger partial charge on any atom is 0.197 e. The monoisotopic (exact) mass is 377 g/mol. The number of rotatable bonds is 4. The Labute approximate surface area is 162 Å². The molecule has 1 saturated heterocycles. The fraction of sp³-hybridized carbons (Fsp3) is 0.333. The number of aliphatic hydroxyl groups excluding tert-OH is 1.